The first-order chi connectivity index (χ1) is 21.1. The van der Waals surface area contributed by atoms with E-state index in [0.29, 0.717) is 25.9 Å². The Morgan fingerprint density at radius 3 is 2.00 bits per heavy atom. The van der Waals surface area contributed by atoms with Crippen molar-refractivity contribution in [3.8, 4) is 0 Å². The molecule has 4 N–H and O–H groups in total. The molecule has 0 aliphatic carbocycles. The van der Waals surface area contributed by atoms with Gasteiger partial charge in [-0.25, -0.2) is 15.1 Å². The summed E-state index contributed by atoms with van der Waals surface area (Å²) in [7, 11) is -4.67. The normalized spacial score (nSPS) is 17.5. The van der Waals surface area contributed by atoms with Gasteiger partial charge in [0.1, 0.15) is 0 Å². The van der Waals surface area contributed by atoms with Crippen molar-refractivity contribution in [2.24, 2.45) is 0 Å². The van der Waals surface area contributed by atoms with Gasteiger partial charge in [-0.3, -0.25) is 9.80 Å². The fourth-order valence-electron chi connectivity index (χ4n) is 5.73. The molecule has 1 aliphatic heterocycles. The number of hydrogen-bond donors (Lipinski definition) is 4. The van der Waals surface area contributed by atoms with Crippen molar-refractivity contribution in [3.05, 3.63) is 60.7 Å². The SMILES string of the molecule is C.C.CCONCCN(C[Si](C)(C)O[Si](C)(C)O[Si](C)(C)CCC[N+]1(C)CC1NC(=O)Nc1ccccc1)C(=O)Nc1ccccc1. The highest BCUT2D eigenvalue weighted by Crippen LogP contribution is 2.29. The Labute approximate surface area is 287 Å². The summed E-state index contributed by atoms with van der Waals surface area (Å²) in [5.74, 6) is 0. The molecule has 2 aromatic carbocycles. The van der Waals surface area contributed by atoms with Crippen LogP contribution in [0.1, 0.15) is 28.2 Å². The third kappa shape index (κ3) is 15.5. The number of quaternary nitrogens is 1. The standard InChI is InChI=1S/C31H54N6O5Si3.2CH4/c1-9-40-32-21-22-36(31(39)34-28-19-14-11-15-20-28)26-44(5,6)42-45(7,8)41-43(3,4)24-16-23-37(2)25-29(37)35-30(38)33-27-17-12-10-13-18-27;;/h10-15,17-20,29,32H,9,16,21-26H2,1-8H3,(H2-,33,34,35,38,39);2*1H4/p+1. The van der Waals surface area contributed by atoms with Gasteiger partial charge in [0.05, 0.1) is 20.2 Å². The molecule has 0 saturated carbocycles. The molecule has 2 atom stereocenters. The molecule has 14 heteroatoms. The lowest BCUT2D eigenvalue weighted by molar-refractivity contribution is -0.793. The molecule has 0 aromatic heterocycles. The zero-order valence-electron chi connectivity index (χ0n) is 28.4. The molecule has 266 valence electrons. The minimum Gasteiger partial charge on any atom is -0.437 e. The van der Waals surface area contributed by atoms with Crippen LogP contribution in [0.25, 0.3) is 0 Å². The Kier molecular flexibility index (Phi) is 17.0. The molecule has 1 heterocycles. The number of hydrogen-bond acceptors (Lipinski definition) is 6. The number of carbonyl (C=O) groups excluding carboxylic acids is 2. The Hall–Kier alpha value is -2.57. The molecule has 0 radical (unpaired) electrons. The van der Waals surface area contributed by atoms with Gasteiger partial charge in [0.2, 0.25) is 6.17 Å². The second-order valence-electron chi connectivity index (χ2n) is 13.6. The quantitative estimate of drug-likeness (QED) is 0.0436. The van der Waals surface area contributed by atoms with E-state index in [-0.39, 0.29) is 33.1 Å². The van der Waals surface area contributed by atoms with E-state index in [9.17, 15) is 9.59 Å². The van der Waals surface area contributed by atoms with E-state index in [0.717, 1.165) is 41.4 Å². The van der Waals surface area contributed by atoms with Crippen LogP contribution in [0.2, 0.25) is 45.3 Å². The van der Waals surface area contributed by atoms with Crippen molar-refractivity contribution < 1.29 is 27.1 Å². The van der Waals surface area contributed by atoms with Gasteiger partial charge >= 0.3 is 20.6 Å². The number of benzene rings is 2. The molecule has 2 aromatic rings. The highest BCUT2D eigenvalue weighted by Gasteiger charge is 2.52. The van der Waals surface area contributed by atoms with Gasteiger partial charge in [0.25, 0.3) is 0 Å². The number of amides is 4. The lowest BCUT2D eigenvalue weighted by Gasteiger charge is -2.40. The first kappa shape index (κ1) is 42.5. The van der Waals surface area contributed by atoms with Crippen molar-refractivity contribution in [3.63, 3.8) is 0 Å². The highest BCUT2D eigenvalue weighted by atomic mass is 28.5. The van der Waals surface area contributed by atoms with Gasteiger partial charge in [-0.1, -0.05) is 51.3 Å². The molecule has 11 nitrogen and oxygen atoms in total. The lowest BCUT2D eigenvalue weighted by Crippen LogP contribution is -2.57. The molecule has 47 heavy (non-hydrogen) atoms. The maximum atomic E-state index is 13.3. The molecule has 4 amide bonds. The summed E-state index contributed by atoms with van der Waals surface area (Å²) in [5.41, 5.74) is 4.47. The van der Waals surface area contributed by atoms with E-state index >= 15 is 0 Å². The maximum Gasteiger partial charge on any atom is 0.323 e. The van der Waals surface area contributed by atoms with E-state index in [1.165, 1.54) is 0 Å². The minimum absolute atomic E-state index is 0. The molecule has 0 spiro atoms. The maximum absolute atomic E-state index is 13.3. The number of urea groups is 2. The number of likely N-dealkylation sites (N-methyl/N-ethyl adjacent to an activating group) is 1. The van der Waals surface area contributed by atoms with Crippen LogP contribution in [-0.4, -0.2) is 98.8 Å². The van der Waals surface area contributed by atoms with Crippen molar-refractivity contribution in [1.82, 2.24) is 15.7 Å². The molecular weight excluding hydrogens is 645 g/mol. The molecule has 1 aliphatic rings. The summed E-state index contributed by atoms with van der Waals surface area (Å²) in [5, 5.41) is 9.03. The number of carbonyl (C=O) groups is 2. The zero-order chi connectivity index (χ0) is 33.1. The van der Waals surface area contributed by atoms with E-state index < -0.39 is 25.2 Å². The Morgan fingerprint density at radius 2 is 1.43 bits per heavy atom. The monoisotopic (exact) mass is 707 g/mol. The summed E-state index contributed by atoms with van der Waals surface area (Å²) in [6, 6.07) is 19.7. The second kappa shape index (κ2) is 18.8. The fourth-order valence-corrected chi connectivity index (χ4v) is 19.8. The number of hydroxylamine groups is 1. The van der Waals surface area contributed by atoms with Crippen molar-refractivity contribution in [2.45, 2.75) is 79.7 Å². The van der Waals surface area contributed by atoms with Crippen LogP contribution in [0.5, 0.6) is 0 Å². The van der Waals surface area contributed by atoms with Crippen LogP contribution in [0.15, 0.2) is 60.7 Å². The van der Waals surface area contributed by atoms with Crippen LogP contribution < -0.4 is 21.4 Å². The fraction of sp³-hybridized carbons (Fsp3) is 0.576. The first-order valence-electron chi connectivity index (χ1n) is 15.9. The van der Waals surface area contributed by atoms with E-state index in [1.807, 2.05) is 72.5 Å². The summed E-state index contributed by atoms with van der Waals surface area (Å²) in [6.45, 7) is 18.5. The zero-order valence-corrected chi connectivity index (χ0v) is 31.4. The Morgan fingerprint density at radius 1 is 0.872 bits per heavy atom. The van der Waals surface area contributed by atoms with Gasteiger partial charge in [-0.05, 0) is 82.9 Å². The summed E-state index contributed by atoms with van der Waals surface area (Å²) in [6.07, 6.45) is 1.69. The Balaban J connectivity index is 0.00000552. The predicted molar refractivity (Wildman–Crippen MR) is 202 cm³/mol. The van der Waals surface area contributed by atoms with Crippen LogP contribution >= 0.6 is 0 Å². The summed E-state index contributed by atoms with van der Waals surface area (Å²) in [4.78, 5) is 32.8. The number of para-hydroxylation sites is 2. The van der Waals surface area contributed by atoms with Crippen LogP contribution in [0.4, 0.5) is 21.0 Å². The van der Waals surface area contributed by atoms with Gasteiger partial charge in [0, 0.05) is 30.6 Å². The van der Waals surface area contributed by atoms with Crippen LogP contribution in [0, 0.1) is 0 Å². The smallest absolute Gasteiger partial charge is 0.323 e. The summed E-state index contributed by atoms with van der Waals surface area (Å²) >= 11 is 0. The van der Waals surface area contributed by atoms with Crippen LogP contribution in [0.3, 0.4) is 0 Å². The Bertz CT molecular complexity index is 1230. The van der Waals surface area contributed by atoms with E-state index in [1.54, 1.807) is 0 Å². The predicted octanol–water partition coefficient (Wildman–Crippen LogP) is 7.02. The topological polar surface area (TPSA) is 113 Å². The van der Waals surface area contributed by atoms with Gasteiger partial charge in [-0.2, -0.15) is 0 Å². The van der Waals surface area contributed by atoms with Crippen LogP contribution in [-0.2, 0) is 13.1 Å². The van der Waals surface area contributed by atoms with Gasteiger partial charge < -0.3 is 28.6 Å². The molecular formula is C33H63N6O5Si3+. The molecule has 1 fully saturated rings. The van der Waals surface area contributed by atoms with E-state index in [2.05, 4.69) is 67.8 Å². The molecule has 0 bridgehead atoms. The number of rotatable bonds is 18. The first-order valence-corrected chi connectivity index (χ1v) is 25.0. The number of nitrogens with zero attached hydrogens (tertiary/aromatic N) is 2. The van der Waals surface area contributed by atoms with Gasteiger partial charge in [0.15, 0.2) is 23.2 Å². The molecule has 2 unspecified atom stereocenters. The third-order valence-corrected chi connectivity index (χ3v) is 18.7. The minimum atomic E-state index is -2.49. The number of anilines is 2. The lowest BCUT2D eigenvalue weighted by atomic mass is 10.3. The average molecular weight is 708 g/mol. The largest absolute Gasteiger partial charge is 0.437 e. The highest BCUT2D eigenvalue weighted by molar-refractivity contribution is 6.88. The molecule has 3 rings (SSSR count). The van der Waals surface area contributed by atoms with Crippen molar-refractivity contribution >= 4 is 48.6 Å². The average Bonchev–Trinajstić information content (AvgIpc) is 3.57. The molecule has 1 saturated heterocycles. The van der Waals surface area contributed by atoms with Crippen molar-refractivity contribution in [1.29, 1.82) is 0 Å². The number of nitrogens with one attached hydrogen (secondary N) is 4. The van der Waals surface area contributed by atoms with E-state index in [4.69, 9.17) is 13.1 Å². The second-order valence-corrected chi connectivity index (χ2v) is 25.9. The van der Waals surface area contributed by atoms with Gasteiger partial charge in [-0.15, -0.1) is 0 Å². The third-order valence-electron chi connectivity index (χ3n) is 7.64. The summed E-state index contributed by atoms with van der Waals surface area (Å²) < 4.78 is 14.5. The van der Waals surface area contributed by atoms with Crippen molar-refractivity contribution in [2.75, 3.05) is 56.6 Å².